The van der Waals surface area contributed by atoms with Crippen molar-refractivity contribution in [2.24, 2.45) is 16.9 Å². The molecule has 5 heteroatoms. The highest BCUT2D eigenvalue weighted by atomic mass is 16.3. The Balaban J connectivity index is 2.10. The molecule has 0 fully saturated rings. The molecule has 1 aromatic rings. The molecule has 28 heavy (non-hydrogen) atoms. The van der Waals surface area contributed by atoms with Crippen molar-refractivity contribution in [2.45, 2.75) is 59.6 Å². The van der Waals surface area contributed by atoms with Crippen molar-refractivity contribution in [3.8, 4) is 0 Å². The van der Waals surface area contributed by atoms with Gasteiger partial charge in [-0.2, -0.15) is 5.10 Å². The summed E-state index contributed by atoms with van der Waals surface area (Å²) in [6.45, 7) is 8.55. The molecule has 3 rings (SSSR count). The highest BCUT2D eigenvalue weighted by Crippen LogP contribution is 2.26. The van der Waals surface area contributed by atoms with E-state index in [1.165, 1.54) is 22.1 Å². The number of nitrogens with zero attached hydrogens (tertiary/aromatic N) is 2. The van der Waals surface area contributed by atoms with Gasteiger partial charge in [0.1, 0.15) is 6.23 Å². The molecule has 1 unspecified atom stereocenters. The average Bonchev–Trinajstić information content (AvgIpc) is 2.86. The Hall–Kier alpha value is -2.27. The molecule has 2 aliphatic rings. The van der Waals surface area contributed by atoms with Crippen LogP contribution in [0.25, 0.3) is 12.2 Å². The predicted molar refractivity (Wildman–Crippen MR) is 117 cm³/mol. The maximum absolute atomic E-state index is 10.6. The maximum atomic E-state index is 10.6. The van der Waals surface area contributed by atoms with Crippen LogP contribution in [0.15, 0.2) is 28.6 Å². The highest BCUT2D eigenvalue weighted by molar-refractivity contribution is 5.80. The summed E-state index contributed by atoms with van der Waals surface area (Å²) in [7, 11) is 2.01. The smallest absolute Gasteiger partial charge is 0.128 e. The summed E-state index contributed by atoms with van der Waals surface area (Å²) in [6.07, 6.45) is 14.0. The second-order valence-corrected chi connectivity index (χ2v) is 8.40. The van der Waals surface area contributed by atoms with E-state index in [1.807, 2.05) is 24.4 Å². The normalized spacial score (nSPS) is 20.3. The Morgan fingerprint density at radius 1 is 1.21 bits per heavy atom. The van der Waals surface area contributed by atoms with Crippen LogP contribution in [0.4, 0.5) is 0 Å². The fourth-order valence-corrected chi connectivity index (χ4v) is 4.01. The fraction of sp³-hybridized carbons (Fsp3) is 0.522. The molecule has 0 amide bonds. The molecule has 0 saturated carbocycles. The van der Waals surface area contributed by atoms with E-state index in [4.69, 9.17) is 0 Å². The molecule has 152 valence electrons. The molecule has 1 aliphatic heterocycles. The van der Waals surface area contributed by atoms with Gasteiger partial charge < -0.3 is 15.0 Å². The second-order valence-electron chi connectivity index (χ2n) is 8.40. The number of hydrogen-bond acceptors (Lipinski definition) is 4. The molecule has 3 N–H and O–H groups in total. The monoisotopic (exact) mass is 382 g/mol. The van der Waals surface area contributed by atoms with Crippen LogP contribution >= 0.6 is 0 Å². The van der Waals surface area contributed by atoms with Gasteiger partial charge in [-0.3, -0.25) is 5.43 Å². The Bertz CT molecular complexity index is 902. The summed E-state index contributed by atoms with van der Waals surface area (Å²) < 4.78 is 0. The van der Waals surface area contributed by atoms with Crippen molar-refractivity contribution in [2.75, 3.05) is 7.05 Å². The van der Waals surface area contributed by atoms with E-state index in [-0.39, 0.29) is 5.92 Å². The molecule has 0 saturated heterocycles. The van der Waals surface area contributed by atoms with Gasteiger partial charge >= 0.3 is 0 Å². The van der Waals surface area contributed by atoms with E-state index in [2.05, 4.69) is 61.4 Å². The van der Waals surface area contributed by atoms with Gasteiger partial charge in [-0.05, 0) is 53.5 Å². The number of hydrogen-bond donors (Lipinski definition) is 3. The van der Waals surface area contributed by atoms with E-state index < -0.39 is 6.23 Å². The lowest BCUT2D eigenvalue weighted by Gasteiger charge is -2.32. The molecule has 5 nitrogen and oxygen atoms in total. The van der Waals surface area contributed by atoms with Crippen LogP contribution in [-0.4, -0.2) is 34.5 Å². The number of allylic oxidation sites excluding steroid dienone is 3. The summed E-state index contributed by atoms with van der Waals surface area (Å²) in [5, 5.41) is 17.4. The van der Waals surface area contributed by atoms with Gasteiger partial charge in [-0.1, -0.05) is 39.8 Å². The first-order valence-electron chi connectivity index (χ1n) is 10.4. The van der Waals surface area contributed by atoms with E-state index in [9.17, 15) is 5.11 Å². The third-order valence-electron chi connectivity index (χ3n) is 5.64. The maximum Gasteiger partial charge on any atom is 0.128 e. The third kappa shape index (κ3) is 4.25. The lowest BCUT2D eigenvalue weighted by Crippen LogP contribution is -2.35. The Morgan fingerprint density at radius 3 is 2.71 bits per heavy atom. The van der Waals surface area contributed by atoms with Crippen LogP contribution in [-0.2, 0) is 6.42 Å². The molecule has 0 spiro atoms. The minimum Gasteiger partial charge on any atom is -0.373 e. The number of rotatable bonds is 4. The van der Waals surface area contributed by atoms with E-state index >= 15 is 0 Å². The molecule has 0 radical (unpaired) electrons. The zero-order chi connectivity index (χ0) is 20.3. The summed E-state index contributed by atoms with van der Waals surface area (Å²) >= 11 is 0. The highest BCUT2D eigenvalue weighted by Gasteiger charge is 2.22. The van der Waals surface area contributed by atoms with E-state index in [0.717, 1.165) is 36.7 Å². The molecule has 1 atom stereocenters. The van der Waals surface area contributed by atoms with Crippen molar-refractivity contribution in [1.82, 2.24) is 15.3 Å². The number of aliphatic hydroxyl groups excluding tert-OH is 1. The van der Waals surface area contributed by atoms with Gasteiger partial charge in [-0.25, -0.2) is 0 Å². The van der Waals surface area contributed by atoms with Gasteiger partial charge in [0, 0.05) is 30.7 Å². The lowest BCUT2D eigenvalue weighted by molar-refractivity contribution is 0.00580. The zero-order valence-corrected chi connectivity index (χ0v) is 17.8. The Labute approximate surface area is 168 Å². The first-order chi connectivity index (χ1) is 13.4. The topological polar surface area (TPSA) is 63.6 Å². The van der Waals surface area contributed by atoms with Gasteiger partial charge in [0.15, 0.2) is 0 Å². The third-order valence-corrected chi connectivity index (χ3v) is 5.64. The minimum atomic E-state index is -0.486. The van der Waals surface area contributed by atoms with Crippen molar-refractivity contribution >= 4 is 18.4 Å². The van der Waals surface area contributed by atoms with Gasteiger partial charge in [0.2, 0.25) is 0 Å². The molecule has 1 aromatic heterocycles. The van der Waals surface area contributed by atoms with Gasteiger partial charge in [-0.15, -0.1) is 0 Å². The summed E-state index contributed by atoms with van der Waals surface area (Å²) in [5.74, 6) is 0.546. The van der Waals surface area contributed by atoms with Crippen LogP contribution in [0.2, 0.25) is 0 Å². The van der Waals surface area contributed by atoms with Gasteiger partial charge in [0.25, 0.3) is 0 Å². The van der Waals surface area contributed by atoms with Crippen LogP contribution in [0.5, 0.6) is 0 Å². The van der Waals surface area contributed by atoms with Crippen LogP contribution in [0, 0.1) is 11.8 Å². The van der Waals surface area contributed by atoms with Crippen LogP contribution < -0.4 is 16.0 Å². The van der Waals surface area contributed by atoms with Crippen LogP contribution in [0.1, 0.15) is 58.2 Å². The van der Waals surface area contributed by atoms with Crippen LogP contribution in [0.3, 0.4) is 0 Å². The molecule has 1 aliphatic carbocycles. The van der Waals surface area contributed by atoms with Crippen molar-refractivity contribution < 1.29 is 5.11 Å². The lowest BCUT2D eigenvalue weighted by atomic mass is 9.98. The van der Waals surface area contributed by atoms with Crippen molar-refractivity contribution in [3.63, 3.8) is 0 Å². The number of nitrogens with one attached hydrogen (secondary N) is 2. The van der Waals surface area contributed by atoms with Crippen molar-refractivity contribution in [3.05, 3.63) is 45.4 Å². The molecular weight excluding hydrogens is 348 g/mol. The predicted octanol–water partition coefficient (Wildman–Crippen LogP) is 2.57. The Kier molecular flexibility index (Phi) is 6.45. The summed E-state index contributed by atoms with van der Waals surface area (Å²) in [4.78, 5) is 5.64. The van der Waals surface area contributed by atoms with E-state index in [0.29, 0.717) is 5.92 Å². The summed E-state index contributed by atoms with van der Waals surface area (Å²) in [5.41, 5.74) is 7.86. The number of aromatic nitrogens is 1. The fourth-order valence-electron chi connectivity index (χ4n) is 4.01. The van der Waals surface area contributed by atoms with Crippen molar-refractivity contribution in [1.29, 1.82) is 0 Å². The largest absolute Gasteiger partial charge is 0.373 e. The minimum absolute atomic E-state index is 0.177. The number of fused-ring (bicyclic) bond motifs is 3. The molecular formula is C23H34N4O. The number of H-pyrrole nitrogens is 1. The zero-order valence-electron chi connectivity index (χ0n) is 17.8. The summed E-state index contributed by atoms with van der Waals surface area (Å²) in [6, 6.07) is 0. The SMILES string of the molecule is CC(C)C1=C(N(C)C(O)C(C)C)CC=c2c3c([nH]c2=C1)/C=N/N/C=C/CCC3. The molecule has 2 heterocycles. The first-order valence-corrected chi connectivity index (χ1v) is 10.4. The van der Waals surface area contributed by atoms with E-state index in [1.54, 1.807) is 0 Å². The number of aromatic amines is 1. The Morgan fingerprint density at radius 2 is 2.00 bits per heavy atom. The first kappa shape index (κ1) is 20.5. The quantitative estimate of drug-likeness (QED) is 0.702. The number of hydrazone groups is 1. The average molecular weight is 383 g/mol. The second kappa shape index (κ2) is 8.82. The molecule has 0 aromatic carbocycles. The standard InChI is InChI=1S/C23H34N4O/c1-15(2)19-13-20-18(10-11-22(19)27(5)23(28)16(3)4)17-9-7-6-8-12-24-25-14-21(17)26-20/h8,10,12-16,23-24,26,28H,6-7,9,11H2,1-5H3/b12-8+,25-14+. The number of aliphatic hydroxyl groups is 1. The van der Waals surface area contributed by atoms with Gasteiger partial charge in [0.05, 0.1) is 11.9 Å². The molecule has 0 bridgehead atoms.